The fraction of sp³-hybridized carbons (Fsp3) is 0.429. The van der Waals surface area contributed by atoms with Crippen LogP contribution in [0.3, 0.4) is 0 Å². The summed E-state index contributed by atoms with van der Waals surface area (Å²) >= 11 is 0. The molecule has 1 amide bonds. The molecule has 0 aliphatic rings. The molecule has 10 heteroatoms. The number of carboxylic acid groups (broad SMARTS) is 1. The highest BCUT2D eigenvalue weighted by molar-refractivity contribution is 5.81. The number of alkyl carbamates (subject to hydrolysis) is 1. The maximum Gasteiger partial charge on any atom is 0.408 e. The monoisotopic (exact) mass is 343 g/mol. The summed E-state index contributed by atoms with van der Waals surface area (Å²) in [7, 11) is 0. The first-order chi connectivity index (χ1) is 11.0. The lowest BCUT2D eigenvalue weighted by Gasteiger charge is -2.22. The summed E-state index contributed by atoms with van der Waals surface area (Å²) in [5.74, 6) is -2.16. The van der Waals surface area contributed by atoms with E-state index in [0.717, 1.165) is 12.1 Å². The second kappa shape index (κ2) is 7.57. The molecule has 24 heavy (non-hydrogen) atoms. The van der Waals surface area contributed by atoms with Crippen molar-refractivity contribution >= 4 is 23.4 Å². The van der Waals surface area contributed by atoms with Crippen molar-refractivity contribution in [1.29, 1.82) is 0 Å². The van der Waals surface area contributed by atoms with Crippen molar-refractivity contribution in [1.82, 2.24) is 5.32 Å². The van der Waals surface area contributed by atoms with Crippen LogP contribution >= 0.6 is 0 Å². The number of aliphatic carboxylic acids is 1. The molecule has 0 unspecified atom stereocenters. The minimum atomic E-state index is -1.40. The molecule has 1 aromatic rings. The number of anilines is 1. The molecule has 1 atom stereocenters. The fourth-order valence-corrected chi connectivity index (χ4v) is 1.67. The van der Waals surface area contributed by atoms with E-state index < -0.39 is 40.1 Å². The van der Waals surface area contributed by atoms with Gasteiger partial charge in [0, 0.05) is 6.54 Å². The Morgan fingerprint density at radius 2 is 2.04 bits per heavy atom. The van der Waals surface area contributed by atoms with Gasteiger partial charge in [-0.05, 0) is 32.9 Å². The summed E-state index contributed by atoms with van der Waals surface area (Å²) in [6.07, 6.45) is -0.940. The number of rotatable bonds is 6. The molecular formula is C14H18FN3O6. The molecule has 0 saturated carbocycles. The highest BCUT2D eigenvalue weighted by Gasteiger charge is 2.25. The van der Waals surface area contributed by atoms with Gasteiger partial charge in [-0.1, -0.05) is 0 Å². The summed E-state index contributed by atoms with van der Waals surface area (Å²) in [6, 6.07) is 1.41. The number of carbonyl (C=O) groups excluding carboxylic acids is 1. The number of amides is 1. The molecule has 0 saturated heterocycles. The third-order valence-corrected chi connectivity index (χ3v) is 2.64. The van der Waals surface area contributed by atoms with Crippen molar-refractivity contribution < 1.29 is 28.7 Å². The number of nitrogens with zero attached hydrogens (tertiary/aromatic N) is 1. The largest absolute Gasteiger partial charge is 0.480 e. The van der Waals surface area contributed by atoms with E-state index in [1.807, 2.05) is 0 Å². The molecule has 9 nitrogen and oxygen atoms in total. The van der Waals surface area contributed by atoms with Gasteiger partial charge < -0.3 is 20.5 Å². The number of benzene rings is 1. The molecule has 132 valence electrons. The van der Waals surface area contributed by atoms with Crippen molar-refractivity contribution in [3.63, 3.8) is 0 Å². The van der Waals surface area contributed by atoms with Gasteiger partial charge in [0.15, 0.2) is 0 Å². The van der Waals surface area contributed by atoms with Crippen LogP contribution in [-0.2, 0) is 9.53 Å². The number of hydrogen-bond donors (Lipinski definition) is 3. The van der Waals surface area contributed by atoms with Crippen LogP contribution < -0.4 is 10.6 Å². The molecule has 0 aliphatic heterocycles. The minimum Gasteiger partial charge on any atom is -0.480 e. The van der Waals surface area contributed by atoms with Crippen LogP contribution in [0.2, 0.25) is 0 Å². The lowest BCUT2D eigenvalue weighted by atomic mass is 10.2. The number of carboxylic acids is 1. The van der Waals surface area contributed by atoms with E-state index in [-0.39, 0.29) is 12.2 Å². The molecule has 1 aromatic carbocycles. The van der Waals surface area contributed by atoms with Gasteiger partial charge >= 0.3 is 12.1 Å². The van der Waals surface area contributed by atoms with Crippen LogP contribution in [0.25, 0.3) is 0 Å². The second-order valence-corrected chi connectivity index (χ2v) is 5.84. The molecule has 0 aromatic heterocycles. The number of halogens is 1. The number of nitro groups is 1. The molecule has 0 heterocycles. The lowest BCUT2D eigenvalue weighted by molar-refractivity contribution is -0.384. The topological polar surface area (TPSA) is 131 Å². The first-order valence-electron chi connectivity index (χ1n) is 6.90. The Labute approximate surface area is 136 Å². The Bertz CT molecular complexity index is 644. The van der Waals surface area contributed by atoms with E-state index in [4.69, 9.17) is 9.84 Å². The first kappa shape index (κ1) is 19.1. The molecule has 0 spiro atoms. The van der Waals surface area contributed by atoms with Crippen LogP contribution in [0.1, 0.15) is 20.8 Å². The quantitative estimate of drug-likeness (QED) is 0.532. The normalized spacial score (nSPS) is 12.2. The van der Waals surface area contributed by atoms with Gasteiger partial charge in [0.05, 0.1) is 11.0 Å². The number of carbonyl (C=O) groups is 2. The molecule has 3 N–H and O–H groups in total. The van der Waals surface area contributed by atoms with Crippen molar-refractivity contribution in [2.45, 2.75) is 32.4 Å². The summed E-state index contributed by atoms with van der Waals surface area (Å²) in [5.41, 5.74) is -1.42. The Balaban J connectivity index is 2.80. The standard InChI is InChI=1S/C14H18FN3O6/c1-14(2,3)24-13(21)17-10(12(19)20)7-16-9-5-4-8(15)6-11(9)18(22)23/h4-6,10,16H,7H2,1-3H3,(H,17,21)(H,19,20)/t10-/m0/s1. The van der Waals surface area contributed by atoms with Gasteiger partial charge in [-0.25, -0.2) is 14.0 Å². The summed E-state index contributed by atoms with van der Waals surface area (Å²) in [6.45, 7) is 4.48. The van der Waals surface area contributed by atoms with Gasteiger partial charge in [-0.2, -0.15) is 0 Å². The number of ether oxygens (including phenoxy) is 1. The van der Waals surface area contributed by atoms with E-state index >= 15 is 0 Å². The molecule has 1 rings (SSSR count). The third kappa shape index (κ3) is 6.07. The SMILES string of the molecule is CC(C)(C)OC(=O)N[C@@H](CNc1ccc(F)cc1[N+](=O)[O-])C(=O)O. The maximum absolute atomic E-state index is 13.1. The molecule has 0 aliphatic carbocycles. The summed E-state index contributed by atoms with van der Waals surface area (Å²) in [5, 5.41) is 24.6. The molecule has 0 radical (unpaired) electrons. The summed E-state index contributed by atoms with van der Waals surface area (Å²) < 4.78 is 18.0. The van der Waals surface area contributed by atoms with Gasteiger partial charge in [-0.3, -0.25) is 10.1 Å². The molecule has 0 bridgehead atoms. The average molecular weight is 343 g/mol. The fourth-order valence-electron chi connectivity index (χ4n) is 1.67. The maximum atomic E-state index is 13.1. The predicted octanol–water partition coefficient (Wildman–Crippen LogP) is 2.12. The lowest BCUT2D eigenvalue weighted by Crippen LogP contribution is -2.47. The van der Waals surface area contributed by atoms with Crippen LogP contribution in [0.4, 0.5) is 20.6 Å². The zero-order valence-electron chi connectivity index (χ0n) is 13.3. The van der Waals surface area contributed by atoms with Crippen LogP contribution in [-0.4, -0.2) is 40.3 Å². The van der Waals surface area contributed by atoms with Gasteiger partial charge in [0.2, 0.25) is 0 Å². The highest BCUT2D eigenvalue weighted by atomic mass is 19.1. The van der Waals surface area contributed by atoms with Gasteiger partial charge in [0.1, 0.15) is 23.1 Å². The van der Waals surface area contributed by atoms with E-state index in [1.54, 1.807) is 20.8 Å². The van der Waals surface area contributed by atoms with Crippen molar-refractivity contribution in [3.8, 4) is 0 Å². The average Bonchev–Trinajstić information content (AvgIpc) is 2.41. The zero-order valence-corrected chi connectivity index (χ0v) is 13.3. The van der Waals surface area contributed by atoms with Gasteiger partial charge in [0.25, 0.3) is 5.69 Å². The third-order valence-electron chi connectivity index (χ3n) is 2.64. The number of hydrogen-bond acceptors (Lipinski definition) is 6. The van der Waals surface area contributed by atoms with E-state index in [2.05, 4.69) is 10.6 Å². The Morgan fingerprint density at radius 1 is 1.42 bits per heavy atom. The van der Waals surface area contributed by atoms with Crippen LogP contribution in [0.15, 0.2) is 18.2 Å². The van der Waals surface area contributed by atoms with Crippen molar-refractivity contribution in [2.75, 3.05) is 11.9 Å². The van der Waals surface area contributed by atoms with Crippen molar-refractivity contribution in [3.05, 3.63) is 34.1 Å². The van der Waals surface area contributed by atoms with E-state index in [1.165, 1.54) is 0 Å². The van der Waals surface area contributed by atoms with E-state index in [9.17, 15) is 24.1 Å². The number of nitrogens with one attached hydrogen (secondary N) is 2. The summed E-state index contributed by atoms with van der Waals surface area (Å²) in [4.78, 5) is 32.9. The predicted molar refractivity (Wildman–Crippen MR) is 82.3 cm³/mol. The highest BCUT2D eigenvalue weighted by Crippen LogP contribution is 2.24. The Kier molecular flexibility index (Phi) is 6.04. The minimum absolute atomic E-state index is 0.0707. The van der Waals surface area contributed by atoms with Crippen molar-refractivity contribution in [2.24, 2.45) is 0 Å². The first-order valence-corrected chi connectivity index (χ1v) is 6.90. The molecular weight excluding hydrogens is 325 g/mol. The Morgan fingerprint density at radius 3 is 2.54 bits per heavy atom. The van der Waals surface area contributed by atoms with Gasteiger partial charge in [-0.15, -0.1) is 0 Å². The van der Waals surface area contributed by atoms with Crippen LogP contribution in [0, 0.1) is 15.9 Å². The zero-order chi connectivity index (χ0) is 18.5. The second-order valence-electron chi connectivity index (χ2n) is 5.84. The van der Waals surface area contributed by atoms with Crippen LogP contribution in [0.5, 0.6) is 0 Å². The smallest absolute Gasteiger partial charge is 0.408 e. The van der Waals surface area contributed by atoms with E-state index in [0.29, 0.717) is 6.07 Å². The number of nitro benzene ring substituents is 1. The molecule has 0 fully saturated rings. The Hall–Kier alpha value is -2.91.